The van der Waals surface area contributed by atoms with Crippen molar-refractivity contribution in [2.24, 2.45) is 0 Å². The Morgan fingerprint density at radius 3 is 2.74 bits per heavy atom. The van der Waals surface area contributed by atoms with E-state index in [9.17, 15) is 9.90 Å². The first-order valence-electron chi connectivity index (χ1n) is 5.77. The average molecular weight is 277 g/mol. The highest BCUT2D eigenvalue weighted by molar-refractivity contribution is 7.17. The molecule has 0 radical (unpaired) electrons. The number of carbonyl (C=O) groups excluding carboxylic acids is 1. The van der Waals surface area contributed by atoms with Gasteiger partial charge in [0.05, 0.1) is 11.9 Å². The maximum absolute atomic E-state index is 12.1. The van der Waals surface area contributed by atoms with E-state index in [-0.39, 0.29) is 11.7 Å². The van der Waals surface area contributed by atoms with Gasteiger partial charge in [-0.25, -0.2) is 4.98 Å². The largest absolute Gasteiger partial charge is 0.508 e. The molecule has 1 aromatic carbocycles. The Labute approximate surface area is 115 Å². The molecular formula is C13H15N3O2S. The summed E-state index contributed by atoms with van der Waals surface area (Å²) in [6.07, 6.45) is 1.53. The third-order valence-corrected chi connectivity index (χ3v) is 3.84. The van der Waals surface area contributed by atoms with Crippen LogP contribution in [0.1, 0.15) is 20.8 Å². The van der Waals surface area contributed by atoms with Crippen LogP contribution in [0.15, 0.2) is 18.3 Å². The molecule has 0 fully saturated rings. The summed E-state index contributed by atoms with van der Waals surface area (Å²) in [6, 6.07) is 3.38. The number of hydrogen-bond donors (Lipinski definition) is 3. The molecule has 0 aliphatic carbocycles. The first-order chi connectivity index (χ1) is 9.02. The zero-order valence-corrected chi connectivity index (χ0v) is 11.8. The molecule has 0 aliphatic rings. The van der Waals surface area contributed by atoms with E-state index in [2.05, 4.69) is 15.6 Å². The fourth-order valence-electron chi connectivity index (χ4n) is 1.70. The molecule has 0 bridgehead atoms. The summed E-state index contributed by atoms with van der Waals surface area (Å²) in [5, 5.41) is 16.1. The van der Waals surface area contributed by atoms with Gasteiger partial charge in [0.2, 0.25) is 0 Å². The fourth-order valence-corrected chi connectivity index (χ4v) is 2.36. The lowest BCUT2D eigenvalue weighted by molar-refractivity contribution is 0.103. The Morgan fingerprint density at radius 1 is 1.37 bits per heavy atom. The summed E-state index contributed by atoms with van der Waals surface area (Å²) in [7, 11) is 1.75. The predicted molar refractivity (Wildman–Crippen MR) is 77.2 cm³/mol. The summed E-state index contributed by atoms with van der Waals surface area (Å²) in [5.74, 6) is -0.0584. The monoisotopic (exact) mass is 277 g/mol. The van der Waals surface area contributed by atoms with Crippen molar-refractivity contribution in [3.05, 3.63) is 34.3 Å². The molecule has 100 valence electrons. The number of rotatable bonds is 3. The molecule has 5 nitrogen and oxygen atoms in total. The number of amides is 1. The number of aryl methyl sites for hydroxylation is 1. The van der Waals surface area contributed by atoms with E-state index < -0.39 is 0 Å². The Hall–Kier alpha value is -2.08. The van der Waals surface area contributed by atoms with E-state index in [1.54, 1.807) is 26.1 Å². The van der Waals surface area contributed by atoms with E-state index in [1.165, 1.54) is 17.5 Å². The van der Waals surface area contributed by atoms with Crippen molar-refractivity contribution < 1.29 is 9.90 Å². The van der Waals surface area contributed by atoms with E-state index in [0.29, 0.717) is 21.3 Å². The lowest BCUT2D eigenvalue weighted by Crippen LogP contribution is -2.12. The molecular weight excluding hydrogens is 262 g/mol. The summed E-state index contributed by atoms with van der Waals surface area (Å²) in [5.41, 5.74) is 2.21. The number of nitrogens with one attached hydrogen (secondary N) is 2. The normalized spacial score (nSPS) is 10.3. The highest BCUT2D eigenvalue weighted by atomic mass is 32.1. The van der Waals surface area contributed by atoms with Crippen molar-refractivity contribution in [3.8, 4) is 5.75 Å². The van der Waals surface area contributed by atoms with Gasteiger partial charge in [-0.05, 0) is 25.5 Å². The summed E-state index contributed by atoms with van der Waals surface area (Å²) >= 11 is 1.28. The zero-order valence-electron chi connectivity index (χ0n) is 10.9. The van der Waals surface area contributed by atoms with Crippen LogP contribution in [-0.4, -0.2) is 23.0 Å². The minimum absolute atomic E-state index is 0.168. The van der Waals surface area contributed by atoms with Crippen LogP contribution in [0.2, 0.25) is 0 Å². The van der Waals surface area contributed by atoms with Crippen molar-refractivity contribution in [2.75, 3.05) is 17.7 Å². The van der Waals surface area contributed by atoms with Crippen LogP contribution >= 0.6 is 11.3 Å². The topological polar surface area (TPSA) is 74.2 Å². The maximum atomic E-state index is 12.1. The second kappa shape index (κ2) is 5.27. The summed E-state index contributed by atoms with van der Waals surface area (Å²) < 4.78 is 0. The van der Waals surface area contributed by atoms with Crippen LogP contribution < -0.4 is 10.6 Å². The number of aromatic hydroxyl groups is 1. The zero-order chi connectivity index (χ0) is 14.0. The van der Waals surface area contributed by atoms with Gasteiger partial charge >= 0.3 is 0 Å². The van der Waals surface area contributed by atoms with Gasteiger partial charge in [0, 0.05) is 12.6 Å². The number of thiazole rings is 1. The molecule has 1 heterocycles. The van der Waals surface area contributed by atoms with Gasteiger partial charge in [0.1, 0.15) is 10.6 Å². The third-order valence-electron chi connectivity index (χ3n) is 2.83. The lowest BCUT2D eigenvalue weighted by Gasteiger charge is -2.11. The second-order valence-electron chi connectivity index (χ2n) is 4.14. The molecule has 1 aromatic heterocycles. The molecule has 0 saturated carbocycles. The quantitative estimate of drug-likeness (QED) is 0.806. The van der Waals surface area contributed by atoms with Crippen LogP contribution in [0.25, 0.3) is 0 Å². The van der Waals surface area contributed by atoms with Crippen molar-refractivity contribution in [1.82, 2.24) is 4.98 Å². The van der Waals surface area contributed by atoms with Crippen molar-refractivity contribution in [3.63, 3.8) is 0 Å². The smallest absolute Gasteiger partial charge is 0.267 e. The van der Waals surface area contributed by atoms with Crippen molar-refractivity contribution in [1.29, 1.82) is 0 Å². The number of nitrogens with zero attached hydrogens (tertiary/aromatic N) is 1. The van der Waals surface area contributed by atoms with E-state index in [1.807, 2.05) is 6.92 Å². The van der Waals surface area contributed by atoms with E-state index in [0.717, 1.165) is 5.56 Å². The molecule has 0 aliphatic heterocycles. The van der Waals surface area contributed by atoms with Gasteiger partial charge in [0.15, 0.2) is 5.13 Å². The first kappa shape index (κ1) is 13.4. The van der Waals surface area contributed by atoms with Crippen LogP contribution in [0.4, 0.5) is 10.8 Å². The van der Waals surface area contributed by atoms with Crippen molar-refractivity contribution in [2.45, 2.75) is 13.8 Å². The van der Waals surface area contributed by atoms with Crippen LogP contribution in [0.3, 0.4) is 0 Å². The number of phenols is 1. The van der Waals surface area contributed by atoms with E-state index in [4.69, 9.17) is 0 Å². The van der Waals surface area contributed by atoms with Gasteiger partial charge in [-0.3, -0.25) is 4.79 Å². The molecule has 19 heavy (non-hydrogen) atoms. The van der Waals surface area contributed by atoms with Gasteiger partial charge in [0.25, 0.3) is 5.91 Å². The first-order valence-corrected chi connectivity index (χ1v) is 6.58. The Bertz CT molecular complexity index is 622. The van der Waals surface area contributed by atoms with Crippen molar-refractivity contribution >= 4 is 28.1 Å². The van der Waals surface area contributed by atoms with Crippen LogP contribution in [0.5, 0.6) is 5.75 Å². The maximum Gasteiger partial charge on any atom is 0.267 e. The highest BCUT2D eigenvalue weighted by Crippen LogP contribution is 2.29. The van der Waals surface area contributed by atoms with Gasteiger partial charge in [-0.15, -0.1) is 0 Å². The Morgan fingerprint density at radius 2 is 2.11 bits per heavy atom. The van der Waals surface area contributed by atoms with Gasteiger partial charge in [-0.1, -0.05) is 17.4 Å². The SMILES string of the molecule is CNc1ncc(C(=O)Nc2c(C)ccc(O)c2C)s1. The molecule has 0 atom stereocenters. The summed E-state index contributed by atoms with van der Waals surface area (Å²) in [4.78, 5) is 16.7. The molecule has 6 heteroatoms. The van der Waals surface area contributed by atoms with Gasteiger partial charge < -0.3 is 15.7 Å². The number of phenolic OH excluding ortho intramolecular Hbond substituents is 1. The fraction of sp³-hybridized carbons (Fsp3) is 0.231. The third kappa shape index (κ3) is 2.68. The Kier molecular flexibility index (Phi) is 3.71. The predicted octanol–water partition coefficient (Wildman–Crippen LogP) is 2.76. The number of anilines is 2. The molecule has 0 saturated heterocycles. The molecule has 2 rings (SSSR count). The number of aromatic nitrogens is 1. The number of hydrogen-bond acceptors (Lipinski definition) is 5. The molecule has 2 aromatic rings. The van der Waals surface area contributed by atoms with Crippen LogP contribution in [-0.2, 0) is 0 Å². The highest BCUT2D eigenvalue weighted by Gasteiger charge is 2.14. The molecule has 0 spiro atoms. The number of carbonyl (C=O) groups is 1. The lowest BCUT2D eigenvalue weighted by atomic mass is 10.1. The molecule has 3 N–H and O–H groups in total. The minimum atomic E-state index is -0.226. The summed E-state index contributed by atoms with van der Waals surface area (Å²) in [6.45, 7) is 3.65. The molecule has 1 amide bonds. The minimum Gasteiger partial charge on any atom is -0.508 e. The van der Waals surface area contributed by atoms with Crippen LogP contribution in [0, 0.1) is 13.8 Å². The average Bonchev–Trinajstić information content (AvgIpc) is 2.88. The Balaban J connectivity index is 2.26. The van der Waals surface area contributed by atoms with E-state index >= 15 is 0 Å². The van der Waals surface area contributed by atoms with Gasteiger partial charge in [-0.2, -0.15) is 0 Å². The molecule has 0 unspecified atom stereocenters. The standard InChI is InChI=1S/C13H15N3O2S/c1-7-4-5-9(17)8(2)11(7)16-12(18)10-6-15-13(14-3)19-10/h4-6,17H,1-3H3,(H,14,15)(H,16,18). The second-order valence-corrected chi connectivity index (χ2v) is 5.17. The number of benzene rings is 1.